The van der Waals surface area contributed by atoms with Crippen LogP contribution >= 0.6 is 11.3 Å². The van der Waals surface area contributed by atoms with Crippen molar-refractivity contribution in [3.05, 3.63) is 150 Å². The van der Waals surface area contributed by atoms with Crippen molar-refractivity contribution in [1.29, 1.82) is 0 Å². The van der Waals surface area contributed by atoms with E-state index in [1.807, 2.05) is 11.3 Å². The molecule has 39 heavy (non-hydrogen) atoms. The van der Waals surface area contributed by atoms with Gasteiger partial charge in [0.2, 0.25) is 0 Å². The molecule has 1 unspecified atom stereocenters. The number of rotatable bonds is 3. The molecule has 0 N–H and O–H groups in total. The van der Waals surface area contributed by atoms with Crippen LogP contribution in [0, 0.1) is 0 Å². The maximum Gasteiger partial charge on any atom is 0.0672 e. The van der Waals surface area contributed by atoms with E-state index in [4.69, 9.17) is 4.99 Å². The minimum absolute atomic E-state index is 0.306. The summed E-state index contributed by atoms with van der Waals surface area (Å²) in [5.74, 6) is 0.306. The minimum Gasteiger partial charge on any atom is -0.252 e. The Morgan fingerprint density at radius 3 is 1.97 bits per heavy atom. The molecule has 2 aliphatic rings. The van der Waals surface area contributed by atoms with E-state index in [0.29, 0.717) is 5.92 Å². The standard InChI is InChI=1S/C37H25NS/c1-2-8-25(9-3-1)35-20-21-36(39-35)26-16-14-24(15-17-26)27-18-19-28-23-33-30-11-6-7-13-34(30)38-37(33)31-12-5-4-10-29(31)32(28)22-27/h1-22,33H,23H2. The van der Waals surface area contributed by atoms with E-state index in [9.17, 15) is 0 Å². The topological polar surface area (TPSA) is 12.4 Å². The summed E-state index contributed by atoms with van der Waals surface area (Å²) in [5, 5.41) is 0. The number of nitrogens with zero attached hydrogens (tertiary/aromatic N) is 1. The van der Waals surface area contributed by atoms with Crippen LogP contribution in [0.1, 0.15) is 22.6 Å². The molecule has 0 radical (unpaired) electrons. The number of aliphatic imine (C=N–C) groups is 1. The average Bonchev–Trinajstić information content (AvgIpc) is 3.61. The molecule has 0 saturated heterocycles. The Balaban J connectivity index is 1.16. The van der Waals surface area contributed by atoms with Crippen LogP contribution in [0.5, 0.6) is 0 Å². The molecule has 8 rings (SSSR count). The summed E-state index contributed by atoms with van der Waals surface area (Å²) in [6.07, 6.45) is 0.973. The van der Waals surface area contributed by atoms with Gasteiger partial charge in [0.05, 0.1) is 11.4 Å². The van der Waals surface area contributed by atoms with E-state index in [0.717, 1.165) is 12.1 Å². The van der Waals surface area contributed by atoms with Crippen LogP contribution in [0.25, 0.3) is 43.1 Å². The van der Waals surface area contributed by atoms with Crippen LogP contribution in [0.2, 0.25) is 0 Å². The van der Waals surface area contributed by atoms with Gasteiger partial charge in [-0.1, -0.05) is 109 Å². The third-order valence-electron chi connectivity index (χ3n) is 8.08. The van der Waals surface area contributed by atoms with Gasteiger partial charge in [-0.3, -0.25) is 4.99 Å². The normalized spacial score (nSPS) is 15.0. The zero-order valence-corrected chi connectivity index (χ0v) is 22.2. The molecular formula is C37H25NS. The lowest BCUT2D eigenvalue weighted by Crippen LogP contribution is -2.11. The van der Waals surface area contributed by atoms with Crippen molar-refractivity contribution in [3.63, 3.8) is 0 Å². The summed E-state index contributed by atoms with van der Waals surface area (Å²) in [5.41, 5.74) is 14.0. The van der Waals surface area contributed by atoms with Gasteiger partial charge in [0.25, 0.3) is 0 Å². The summed E-state index contributed by atoms with van der Waals surface area (Å²) < 4.78 is 0. The third kappa shape index (κ3) is 3.79. The largest absolute Gasteiger partial charge is 0.252 e. The second-order valence-electron chi connectivity index (χ2n) is 10.3. The Bertz CT molecular complexity index is 1880. The maximum atomic E-state index is 5.12. The summed E-state index contributed by atoms with van der Waals surface area (Å²) >= 11 is 1.85. The first-order valence-electron chi connectivity index (χ1n) is 13.5. The molecule has 0 spiro atoms. The fourth-order valence-corrected chi connectivity index (χ4v) is 7.13. The molecule has 184 valence electrons. The predicted octanol–water partition coefficient (Wildman–Crippen LogP) is 10.2. The van der Waals surface area contributed by atoms with Crippen LogP contribution in [-0.4, -0.2) is 5.71 Å². The van der Waals surface area contributed by atoms with E-state index in [2.05, 4.69) is 133 Å². The van der Waals surface area contributed by atoms with Crippen LogP contribution in [-0.2, 0) is 6.42 Å². The van der Waals surface area contributed by atoms with Crippen molar-refractivity contribution in [2.75, 3.05) is 0 Å². The van der Waals surface area contributed by atoms with Crippen LogP contribution in [0.15, 0.2) is 138 Å². The van der Waals surface area contributed by atoms with Crippen LogP contribution in [0.4, 0.5) is 5.69 Å². The molecule has 5 aromatic carbocycles. The fourth-order valence-electron chi connectivity index (χ4n) is 6.12. The molecule has 1 atom stereocenters. The third-order valence-corrected chi connectivity index (χ3v) is 9.26. The van der Waals surface area contributed by atoms with Gasteiger partial charge in [0, 0.05) is 21.2 Å². The quantitative estimate of drug-likeness (QED) is 0.222. The lowest BCUT2D eigenvalue weighted by Gasteiger charge is -2.14. The Kier molecular flexibility index (Phi) is 5.21. The summed E-state index contributed by atoms with van der Waals surface area (Å²) in [4.78, 5) is 7.71. The SMILES string of the molecule is c1ccc(-c2ccc(-c3ccc(-c4ccc5c(c4)-c4ccccc4C4=Nc6ccccc6C4C5)cc3)s2)cc1. The van der Waals surface area contributed by atoms with Crippen molar-refractivity contribution >= 4 is 22.7 Å². The van der Waals surface area contributed by atoms with Crippen LogP contribution < -0.4 is 0 Å². The van der Waals surface area contributed by atoms with E-state index in [1.54, 1.807) is 0 Å². The Labute approximate surface area is 232 Å². The maximum absolute atomic E-state index is 5.12. The van der Waals surface area contributed by atoms with Gasteiger partial charge in [0.15, 0.2) is 0 Å². The number of thiophene rings is 1. The van der Waals surface area contributed by atoms with Crippen molar-refractivity contribution < 1.29 is 0 Å². The lowest BCUT2D eigenvalue weighted by atomic mass is 9.88. The summed E-state index contributed by atoms with van der Waals surface area (Å²) in [6.45, 7) is 0. The number of para-hydroxylation sites is 1. The zero-order chi connectivity index (χ0) is 25.8. The van der Waals surface area contributed by atoms with Crippen molar-refractivity contribution in [3.8, 4) is 43.1 Å². The van der Waals surface area contributed by atoms with Crippen molar-refractivity contribution in [1.82, 2.24) is 0 Å². The van der Waals surface area contributed by atoms with Gasteiger partial charge in [-0.05, 0) is 75.2 Å². The lowest BCUT2D eigenvalue weighted by molar-refractivity contribution is 0.905. The number of benzene rings is 5. The highest BCUT2D eigenvalue weighted by Gasteiger charge is 2.33. The van der Waals surface area contributed by atoms with Gasteiger partial charge in [-0.15, -0.1) is 11.3 Å². The molecule has 0 bridgehead atoms. The summed E-state index contributed by atoms with van der Waals surface area (Å²) in [6, 6.07) is 48.5. The summed E-state index contributed by atoms with van der Waals surface area (Å²) in [7, 11) is 0. The van der Waals surface area contributed by atoms with Crippen molar-refractivity contribution in [2.24, 2.45) is 4.99 Å². The average molecular weight is 516 g/mol. The fraction of sp³-hybridized carbons (Fsp3) is 0.0541. The first-order chi connectivity index (χ1) is 19.3. The molecular weight excluding hydrogens is 490 g/mol. The number of fused-ring (bicyclic) bond motifs is 7. The molecule has 6 aromatic rings. The highest BCUT2D eigenvalue weighted by Crippen LogP contribution is 2.46. The van der Waals surface area contributed by atoms with E-state index in [-0.39, 0.29) is 0 Å². The molecule has 1 aliphatic carbocycles. The zero-order valence-electron chi connectivity index (χ0n) is 21.3. The monoisotopic (exact) mass is 515 g/mol. The number of hydrogen-bond acceptors (Lipinski definition) is 2. The molecule has 0 fully saturated rings. The minimum atomic E-state index is 0.306. The molecule has 1 nitrogen and oxygen atoms in total. The van der Waals surface area contributed by atoms with Gasteiger partial charge in [-0.2, -0.15) is 0 Å². The van der Waals surface area contributed by atoms with E-state index < -0.39 is 0 Å². The first-order valence-corrected chi connectivity index (χ1v) is 14.3. The van der Waals surface area contributed by atoms with Gasteiger partial charge in [0.1, 0.15) is 0 Å². The second kappa shape index (κ2) is 9.04. The van der Waals surface area contributed by atoms with E-state index >= 15 is 0 Å². The second-order valence-corrected chi connectivity index (χ2v) is 11.4. The van der Waals surface area contributed by atoms with Crippen molar-refractivity contribution in [2.45, 2.75) is 12.3 Å². The van der Waals surface area contributed by atoms with Gasteiger partial charge < -0.3 is 0 Å². The van der Waals surface area contributed by atoms with Gasteiger partial charge >= 0.3 is 0 Å². The molecule has 2 heteroatoms. The predicted molar refractivity (Wildman–Crippen MR) is 165 cm³/mol. The molecule has 1 aromatic heterocycles. The van der Waals surface area contributed by atoms with Crippen LogP contribution in [0.3, 0.4) is 0 Å². The highest BCUT2D eigenvalue weighted by molar-refractivity contribution is 7.18. The molecule has 0 amide bonds. The smallest absolute Gasteiger partial charge is 0.0672 e. The van der Waals surface area contributed by atoms with Gasteiger partial charge in [-0.25, -0.2) is 0 Å². The Morgan fingerprint density at radius 2 is 1.15 bits per heavy atom. The Morgan fingerprint density at radius 1 is 0.513 bits per heavy atom. The highest BCUT2D eigenvalue weighted by atomic mass is 32.1. The molecule has 2 heterocycles. The molecule has 0 saturated carbocycles. The molecule has 1 aliphatic heterocycles. The number of hydrogen-bond donors (Lipinski definition) is 0. The Hall–Kier alpha value is -4.53. The first kappa shape index (κ1) is 22.5. The van der Waals surface area contributed by atoms with E-state index in [1.165, 1.54) is 65.5 Å².